The molecule has 0 amide bonds. The van der Waals surface area contributed by atoms with E-state index >= 15 is 0 Å². The van der Waals surface area contributed by atoms with E-state index in [-0.39, 0.29) is 11.9 Å². The van der Waals surface area contributed by atoms with Gasteiger partial charge in [-0.1, -0.05) is 32.6 Å². The first-order valence-corrected chi connectivity index (χ1v) is 11.8. The molecule has 0 atom stereocenters. The fourth-order valence-electron chi connectivity index (χ4n) is 3.93. The van der Waals surface area contributed by atoms with E-state index in [1.165, 1.54) is 45.4 Å². The summed E-state index contributed by atoms with van der Waals surface area (Å²) in [4.78, 5) is 25.8. The van der Waals surface area contributed by atoms with Gasteiger partial charge in [0.15, 0.2) is 0 Å². The van der Waals surface area contributed by atoms with Gasteiger partial charge in [0.05, 0.1) is 24.5 Å². The van der Waals surface area contributed by atoms with Gasteiger partial charge in [0.25, 0.3) is 0 Å². The van der Waals surface area contributed by atoms with Gasteiger partial charge in [0.2, 0.25) is 0 Å². The van der Waals surface area contributed by atoms with Gasteiger partial charge < -0.3 is 15.2 Å². The van der Waals surface area contributed by atoms with Crippen LogP contribution in [0.1, 0.15) is 81.1 Å². The number of nitrogen functional groups attached to an aromatic ring is 1. The van der Waals surface area contributed by atoms with E-state index in [1.54, 1.807) is 6.07 Å². The fourth-order valence-corrected chi connectivity index (χ4v) is 4.43. The number of hydrogen-bond acceptors (Lipinski definition) is 6. The Kier molecular flexibility index (Phi) is 10.6. The van der Waals surface area contributed by atoms with E-state index in [9.17, 15) is 9.59 Å². The van der Waals surface area contributed by atoms with E-state index in [0.29, 0.717) is 43.3 Å². The number of carbonyl (C=O) groups excluding carboxylic acids is 2. The summed E-state index contributed by atoms with van der Waals surface area (Å²) < 4.78 is 11.0. The molecular formula is C23H35BrN2O4. The molecule has 7 heteroatoms. The zero-order valence-corrected chi connectivity index (χ0v) is 19.8. The summed E-state index contributed by atoms with van der Waals surface area (Å²) >= 11 is 3.50. The molecule has 0 unspecified atom stereocenters. The van der Waals surface area contributed by atoms with Crippen molar-refractivity contribution in [3.63, 3.8) is 0 Å². The summed E-state index contributed by atoms with van der Waals surface area (Å²) in [7, 11) is 0. The van der Waals surface area contributed by atoms with Crippen LogP contribution in [0, 0.1) is 0 Å². The molecule has 2 N–H and O–H groups in total. The second-order valence-corrected chi connectivity index (χ2v) is 8.78. The molecule has 168 valence electrons. The molecule has 0 aliphatic heterocycles. The largest absolute Gasteiger partial charge is 0.466 e. The van der Waals surface area contributed by atoms with Crippen LogP contribution in [0.4, 0.5) is 5.69 Å². The van der Waals surface area contributed by atoms with Crippen LogP contribution >= 0.6 is 15.9 Å². The third-order valence-corrected chi connectivity index (χ3v) is 6.30. The van der Waals surface area contributed by atoms with E-state index < -0.39 is 0 Å². The minimum atomic E-state index is -0.359. The van der Waals surface area contributed by atoms with Gasteiger partial charge in [-0.3, -0.25) is 9.69 Å². The average molecular weight is 483 g/mol. The number of nitrogens with zero attached hydrogens (tertiary/aromatic N) is 1. The molecule has 1 aromatic rings. The Morgan fingerprint density at radius 1 is 1.10 bits per heavy atom. The van der Waals surface area contributed by atoms with E-state index in [1.807, 2.05) is 6.07 Å². The van der Waals surface area contributed by atoms with E-state index in [0.717, 1.165) is 23.1 Å². The number of carbonyl (C=O) groups is 2. The summed E-state index contributed by atoms with van der Waals surface area (Å²) in [6.45, 7) is 5.89. The second kappa shape index (κ2) is 13.0. The Bertz CT molecular complexity index is 703. The van der Waals surface area contributed by atoms with Crippen molar-refractivity contribution in [2.45, 2.75) is 77.8 Å². The Labute approximate surface area is 188 Å². The molecular weight excluding hydrogens is 448 g/mol. The molecule has 0 radical (unpaired) electrons. The SMILES string of the molecule is CCN(Cc1cc(C(=O)OCCCCOC(C)=O)cc(Br)c1N)C1CCCCCC1. The molecule has 0 aromatic heterocycles. The van der Waals surface area contributed by atoms with Crippen LogP contribution in [0.5, 0.6) is 0 Å². The number of rotatable bonds is 10. The zero-order chi connectivity index (χ0) is 21.9. The number of ether oxygens (including phenoxy) is 2. The molecule has 1 saturated carbocycles. The average Bonchev–Trinajstić information content (AvgIpc) is 3.00. The highest BCUT2D eigenvalue weighted by atomic mass is 79.9. The third kappa shape index (κ3) is 7.91. The number of anilines is 1. The molecule has 2 rings (SSSR count). The normalized spacial score (nSPS) is 15.1. The van der Waals surface area contributed by atoms with E-state index in [2.05, 4.69) is 27.8 Å². The highest BCUT2D eigenvalue weighted by Gasteiger charge is 2.21. The number of esters is 2. The molecule has 0 spiro atoms. The van der Waals surface area contributed by atoms with Crippen molar-refractivity contribution >= 4 is 33.6 Å². The fraction of sp³-hybridized carbons (Fsp3) is 0.652. The number of nitrogens with two attached hydrogens (primary N) is 1. The van der Waals surface area contributed by atoms with Crippen LogP contribution in [-0.4, -0.2) is 42.6 Å². The predicted molar refractivity (Wildman–Crippen MR) is 122 cm³/mol. The minimum Gasteiger partial charge on any atom is -0.466 e. The lowest BCUT2D eigenvalue weighted by Gasteiger charge is -2.30. The monoisotopic (exact) mass is 482 g/mol. The van der Waals surface area contributed by atoms with Crippen LogP contribution in [-0.2, 0) is 20.8 Å². The highest BCUT2D eigenvalue weighted by molar-refractivity contribution is 9.10. The second-order valence-electron chi connectivity index (χ2n) is 7.92. The first kappa shape index (κ1) is 24.7. The van der Waals surface area contributed by atoms with Gasteiger partial charge in [-0.25, -0.2) is 4.79 Å². The van der Waals surface area contributed by atoms with Crippen molar-refractivity contribution < 1.29 is 19.1 Å². The van der Waals surface area contributed by atoms with Crippen molar-refractivity contribution in [1.82, 2.24) is 4.90 Å². The lowest BCUT2D eigenvalue weighted by atomic mass is 10.0. The molecule has 0 bridgehead atoms. The number of benzene rings is 1. The Hall–Kier alpha value is -1.60. The van der Waals surface area contributed by atoms with Crippen LogP contribution in [0.25, 0.3) is 0 Å². The Balaban J connectivity index is 1.98. The minimum absolute atomic E-state index is 0.292. The molecule has 0 heterocycles. The first-order valence-electron chi connectivity index (χ1n) is 11.0. The molecule has 1 aliphatic carbocycles. The van der Waals surface area contributed by atoms with Gasteiger partial charge in [0.1, 0.15) is 0 Å². The Morgan fingerprint density at radius 2 is 1.73 bits per heavy atom. The van der Waals surface area contributed by atoms with Crippen LogP contribution < -0.4 is 5.73 Å². The van der Waals surface area contributed by atoms with Crippen LogP contribution in [0.2, 0.25) is 0 Å². The Morgan fingerprint density at radius 3 is 2.33 bits per heavy atom. The molecule has 6 nitrogen and oxygen atoms in total. The van der Waals surface area contributed by atoms with Crippen LogP contribution in [0.3, 0.4) is 0 Å². The van der Waals surface area contributed by atoms with Crippen molar-refractivity contribution in [2.24, 2.45) is 0 Å². The van der Waals surface area contributed by atoms with Gasteiger partial charge >= 0.3 is 11.9 Å². The molecule has 30 heavy (non-hydrogen) atoms. The summed E-state index contributed by atoms with van der Waals surface area (Å²) in [6.07, 6.45) is 8.97. The smallest absolute Gasteiger partial charge is 0.338 e. The lowest BCUT2D eigenvalue weighted by molar-refractivity contribution is -0.141. The highest BCUT2D eigenvalue weighted by Crippen LogP contribution is 2.29. The van der Waals surface area contributed by atoms with Crippen molar-refractivity contribution in [2.75, 3.05) is 25.5 Å². The van der Waals surface area contributed by atoms with Crippen molar-refractivity contribution in [3.8, 4) is 0 Å². The zero-order valence-electron chi connectivity index (χ0n) is 18.3. The number of hydrogen-bond donors (Lipinski definition) is 1. The molecule has 1 fully saturated rings. The maximum atomic E-state index is 12.5. The van der Waals surface area contributed by atoms with Gasteiger partial charge in [0, 0.05) is 24.0 Å². The number of halogens is 1. The third-order valence-electron chi connectivity index (χ3n) is 5.65. The summed E-state index contributed by atoms with van der Waals surface area (Å²) in [5, 5.41) is 0. The van der Waals surface area contributed by atoms with Crippen molar-refractivity contribution in [1.29, 1.82) is 0 Å². The predicted octanol–water partition coefficient (Wildman–Crippen LogP) is 5.08. The quantitative estimate of drug-likeness (QED) is 0.216. The van der Waals surface area contributed by atoms with E-state index in [4.69, 9.17) is 15.2 Å². The summed E-state index contributed by atoms with van der Waals surface area (Å²) in [6, 6.07) is 4.16. The first-order chi connectivity index (χ1) is 14.4. The maximum Gasteiger partial charge on any atom is 0.338 e. The molecule has 0 saturated heterocycles. The maximum absolute atomic E-state index is 12.5. The number of unbranched alkanes of at least 4 members (excludes halogenated alkanes) is 1. The molecule has 1 aliphatic rings. The topological polar surface area (TPSA) is 81.9 Å². The van der Waals surface area contributed by atoms with Crippen LogP contribution in [0.15, 0.2) is 16.6 Å². The standard InChI is InChI=1S/C23H35BrN2O4/c1-3-26(20-10-6-4-5-7-11-20)16-19-14-18(15-21(24)22(19)25)23(28)30-13-9-8-12-29-17(2)27/h14-15,20H,3-13,16,25H2,1-2H3. The summed E-state index contributed by atoms with van der Waals surface area (Å²) in [5.41, 5.74) is 8.47. The summed E-state index contributed by atoms with van der Waals surface area (Å²) in [5.74, 6) is -0.654. The van der Waals surface area contributed by atoms with Gasteiger partial charge in [-0.15, -0.1) is 0 Å². The lowest BCUT2D eigenvalue weighted by Crippen LogP contribution is -2.34. The molecule has 1 aromatic carbocycles. The van der Waals surface area contributed by atoms with Gasteiger partial charge in [-0.05, 0) is 65.9 Å². The van der Waals surface area contributed by atoms with Crippen molar-refractivity contribution in [3.05, 3.63) is 27.7 Å². The van der Waals surface area contributed by atoms with Gasteiger partial charge in [-0.2, -0.15) is 0 Å².